The smallest absolute Gasteiger partial charge is 0.252 e. The van der Waals surface area contributed by atoms with Crippen LogP contribution in [0, 0.1) is 0 Å². The van der Waals surface area contributed by atoms with Crippen molar-refractivity contribution in [3.63, 3.8) is 0 Å². The first-order valence-corrected chi connectivity index (χ1v) is 8.27. The Balaban J connectivity index is 0.00000288. The fourth-order valence-electron chi connectivity index (χ4n) is 2.08. The highest BCUT2D eigenvalue weighted by atomic mass is 35.5. The topological polar surface area (TPSA) is 67.4 Å². The second-order valence-electron chi connectivity index (χ2n) is 4.85. The van der Waals surface area contributed by atoms with E-state index < -0.39 is 0 Å². The predicted molar refractivity (Wildman–Crippen MR) is 98.5 cm³/mol. The van der Waals surface area contributed by atoms with Crippen molar-refractivity contribution in [2.45, 2.75) is 0 Å². The summed E-state index contributed by atoms with van der Waals surface area (Å²) >= 11 is 1.37. The molecule has 0 fully saturated rings. The Bertz CT molecular complexity index is 647. The molecule has 0 saturated carbocycles. The first-order valence-electron chi connectivity index (χ1n) is 7.39. The van der Waals surface area contributed by atoms with Gasteiger partial charge in [0.1, 0.15) is 0 Å². The number of carbonyl (C=O) groups is 2. The monoisotopic (exact) mass is 368 g/mol. The van der Waals surface area contributed by atoms with Crippen LogP contribution >= 0.6 is 23.7 Å². The summed E-state index contributed by atoms with van der Waals surface area (Å²) in [4.78, 5) is 25.4. The maximum atomic E-state index is 12.5. The van der Waals surface area contributed by atoms with Gasteiger partial charge in [-0.3, -0.25) is 9.59 Å². The number of carbonyl (C=O) groups excluding carboxylic acids is 2. The molecule has 0 unspecified atom stereocenters. The molecular formula is C17H21ClN2O3S. The number of ketones is 1. The molecule has 0 aliphatic rings. The van der Waals surface area contributed by atoms with Crippen molar-refractivity contribution in [1.82, 2.24) is 10.6 Å². The molecule has 1 amide bonds. The molecule has 0 spiro atoms. The van der Waals surface area contributed by atoms with Gasteiger partial charge in [0.2, 0.25) is 5.78 Å². The van der Waals surface area contributed by atoms with Crippen molar-refractivity contribution in [2.24, 2.45) is 0 Å². The first kappa shape index (κ1) is 20.3. The van der Waals surface area contributed by atoms with E-state index in [1.165, 1.54) is 11.3 Å². The Morgan fingerprint density at radius 3 is 2.46 bits per heavy atom. The average Bonchev–Trinajstić information content (AvgIpc) is 3.11. The van der Waals surface area contributed by atoms with Crippen LogP contribution < -0.4 is 10.6 Å². The molecule has 5 nitrogen and oxygen atoms in total. The number of hydrogen-bond acceptors (Lipinski definition) is 5. The third kappa shape index (κ3) is 5.72. The Hall–Kier alpha value is -1.73. The molecule has 1 heterocycles. The van der Waals surface area contributed by atoms with Gasteiger partial charge in [0.25, 0.3) is 5.91 Å². The minimum absolute atomic E-state index is 0. The Labute approximate surface area is 151 Å². The molecule has 0 radical (unpaired) electrons. The maximum Gasteiger partial charge on any atom is 0.252 e. The predicted octanol–water partition coefficient (Wildman–Crippen LogP) is 2.37. The largest absolute Gasteiger partial charge is 0.383 e. The third-order valence-electron chi connectivity index (χ3n) is 3.23. The normalized spacial score (nSPS) is 10.0. The lowest BCUT2D eigenvalue weighted by Crippen LogP contribution is -2.33. The van der Waals surface area contributed by atoms with Crippen molar-refractivity contribution < 1.29 is 14.3 Å². The lowest BCUT2D eigenvalue weighted by Gasteiger charge is -2.09. The lowest BCUT2D eigenvalue weighted by molar-refractivity contribution is 0.0942. The zero-order valence-electron chi connectivity index (χ0n) is 13.4. The fourth-order valence-corrected chi connectivity index (χ4v) is 2.76. The zero-order valence-corrected chi connectivity index (χ0v) is 15.0. The molecule has 130 valence electrons. The molecule has 0 saturated heterocycles. The van der Waals surface area contributed by atoms with Crippen LogP contribution in [0.15, 0.2) is 41.8 Å². The van der Waals surface area contributed by atoms with Gasteiger partial charge in [0, 0.05) is 32.3 Å². The molecule has 1 aromatic carbocycles. The molecule has 0 aliphatic heterocycles. The lowest BCUT2D eigenvalue weighted by atomic mass is 10.0. The number of halogens is 1. The van der Waals surface area contributed by atoms with E-state index in [9.17, 15) is 9.59 Å². The van der Waals surface area contributed by atoms with E-state index in [-0.39, 0.29) is 24.1 Å². The van der Waals surface area contributed by atoms with Crippen molar-refractivity contribution in [3.05, 3.63) is 57.8 Å². The SMILES string of the molecule is COCCNCCNC(=O)c1ccccc1C(=O)c1cccs1.Cl. The molecule has 2 aromatic rings. The van der Waals surface area contributed by atoms with E-state index in [0.717, 1.165) is 6.54 Å². The third-order valence-corrected chi connectivity index (χ3v) is 4.10. The zero-order chi connectivity index (χ0) is 16.5. The van der Waals surface area contributed by atoms with Gasteiger partial charge in [-0.25, -0.2) is 0 Å². The molecule has 1 aromatic heterocycles. The second kappa shape index (κ2) is 10.9. The summed E-state index contributed by atoms with van der Waals surface area (Å²) in [6.45, 7) is 2.51. The van der Waals surface area contributed by atoms with Crippen LogP contribution in [0.2, 0.25) is 0 Å². The van der Waals surface area contributed by atoms with E-state index in [1.54, 1.807) is 37.4 Å². The minimum Gasteiger partial charge on any atom is -0.383 e. The average molecular weight is 369 g/mol. The molecule has 24 heavy (non-hydrogen) atoms. The molecular weight excluding hydrogens is 348 g/mol. The highest BCUT2D eigenvalue weighted by molar-refractivity contribution is 7.12. The van der Waals surface area contributed by atoms with E-state index in [1.807, 2.05) is 11.4 Å². The number of ether oxygens (including phenoxy) is 1. The van der Waals surface area contributed by atoms with E-state index in [2.05, 4.69) is 10.6 Å². The number of thiophene rings is 1. The highest BCUT2D eigenvalue weighted by Gasteiger charge is 2.18. The summed E-state index contributed by atoms with van der Waals surface area (Å²) in [5.74, 6) is -0.358. The number of rotatable bonds is 9. The molecule has 0 aliphatic carbocycles. The van der Waals surface area contributed by atoms with Crippen molar-refractivity contribution >= 4 is 35.4 Å². The second-order valence-corrected chi connectivity index (χ2v) is 5.80. The van der Waals surface area contributed by atoms with Gasteiger partial charge in [-0.15, -0.1) is 23.7 Å². The molecule has 0 bridgehead atoms. The van der Waals surface area contributed by atoms with Gasteiger partial charge < -0.3 is 15.4 Å². The van der Waals surface area contributed by atoms with Gasteiger partial charge in [-0.2, -0.15) is 0 Å². The summed E-state index contributed by atoms with van der Waals surface area (Å²) in [6.07, 6.45) is 0. The molecule has 2 N–H and O–H groups in total. The fraction of sp³-hybridized carbons (Fsp3) is 0.294. The molecule has 2 rings (SSSR count). The minimum atomic E-state index is -0.237. The van der Waals surface area contributed by atoms with E-state index >= 15 is 0 Å². The van der Waals surface area contributed by atoms with Crippen LogP contribution in [-0.4, -0.2) is 45.0 Å². The van der Waals surface area contributed by atoms with Crippen LogP contribution in [-0.2, 0) is 4.74 Å². The molecule has 7 heteroatoms. The van der Waals surface area contributed by atoms with Crippen LogP contribution in [0.1, 0.15) is 25.6 Å². The van der Waals surface area contributed by atoms with Crippen LogP contribution in [0.4, 0.5) is 0 Å². The van der Waals surface area contributed by atoms with E-state index in [0.29, 0.717) is 35.7 Å². The van der Waals surface area contributed by atoms with Gasteiger partial charge in [0.05, 0.1) is 17.0 Å². The summed E-state index contributed by atoms with van der Waals surface area (Å²) in [6, 6.07) is 10.5. The first-order chi connectivity index (χ1) is 11.2. The van der Waals surface area contributed by atoms with Crippen molar-refractivity contribution in [1.29, 1.82) is 0 Å². The maximum absolute atomic E-state index is 12.5. The van der Waals surface area contributed by atoms with Gasteiger partial charge in [-0.05, 0) is 17.5 Å². The standard InChI is InChI=1S/C17H20N2O3S.ClH/c1-22-11-10-18-8-9-19-17(21)14-6-3-2-5-13(14)16(20)15-7-4-12-23-15;/h2-7,12,18H,8-11H2,1H3,(H,19,21);1H. The summed E-state index contributed by atoms with van der Waals surface area (Å²) < 4.78 is 4.93. The molecule has 0 atom stereocenters. The number of nitrogens with one attached hydrogen (secondary N) is 2. The number of amides is 1. The van der Waals surface area contributed by atoms with Gasteiger partial charge >= 0.3 is 0 Å². The Morgan fingerprint density at radius 2 is 1.79 bits per heavy atom. The Morgan fingerprint density at radius 1 is 1.04 bits per heavy atom. The number of hydrogen-bond donors (Lipinski definition) is 2. The van der Waals surface area contributed by atoms with E-state index in [4.69, 9.17) is 4.74 Å². The summed E-state index contributed by atoms with van der Waals surface area (Å²) in [7, 11) is 1.64. The Kier molecular flexibility index (Phi) is 9.26. The highest BCUT2D eigenvalue weighted by Crippen LogP contribution is 2.18. The number of benzene rings is 1. The quantitative estimate of drug-likeness (QED) is 0.526. The number of methoxy groups -OCH3 is 1. The summed E-state index contributed by atoms with van der Waals surface area (Å²) in [5, 5.41) is 7.82. The summed E-state index contributed by atoms with van der Waals surface area (Å²) in [5.41, 5.74) is 0.836. The van der Waals surface area contributed by atoms with Crippen molar-refractivity contribution in [3.8, 4) is 0 Å². The van der Waals surface area contributed by atoms with Gasteiger partial charge in [0.15, 0.2) is 0 Å². The van der Waals surface area contributed by atoms with Crippen molar-refractivity contribution in [2.75, 3.05) is 33.4 Å². The van der Waals surface area contributed by atoms with Crippen LogP contribution in [0.5, 0.6) is 0 Å². The van der Waals surface area contributed by atoms with Crippen LogP contribution in [0.25, 0.3) is 0 Å². The van der Waals surface area contributed by atoms with Gasteiger partial charge in [-0.1, -0.05) is 24.3 Å². The van der Waals surface area contributed by atoms with Crippen LogP contribution in [0.3, 0.4) is 0 Å².